The van der Waals surface area contributed by atoms with E-state index in [1.165, 1.54) is 12.1 Å². The van der Waals surface area contributed by atoms with E-state index in [1.807, 2.05) is 0 Å². The van der Waals surface area contributed by atoms with Crippen LogP contribution in [0.4, 0.5) is 0 Å². The number of aliphatic hydroxyl groups is 2. The summed E-state index contributed by atoms with van der Waals surface area (Å²) in [7, 11) is 0. The average molecular weight is 241 g/mol. The highest BCUT2D eigenvalue weighted by molar-refractivity contribution is 5.70. The Morgan fingerprint density at radius 3 is 2.71 bits per heavy atom. The van der Waals surface area contributed by atoms with Crippen molar-refractivity contribution in [3.05, 3.63) is 24.0 Å². The molecule has 2 unspecified atom stereocenters. The summed E-state index contributed by atoms with van der Waals surface area (Å²) in [5, 5.41) is 28.3. The van der Waals surface area contributed by atoms with E-state index in [-0.39, 0.29) is 24.5 Å². The van der Waals surface area contributed by atoms with Crippen molar-refractivity contribution in [2.75, 3.05) is 6.61 Å². The summed E-state index contributed by atoms with van der Waals surface area (Å²) >= 11 is 0. The number of pyridine rings is 1. The molecule has 0 aliphatic rings. The lowest BCUT2D eigenvalue weighted by molar-refractivity contribution is -0.147. The molecular weight excluding hydrogens is 226 g/mol. The molecule has 0 amide bonds. The molecule has 0 saturated heterocycles. The van der Waals surface area contributed by atoms with E-state index >= 15 is 0 Å². The minimum absolute atomic E-state index is 0.0409. The molecule has 0 saturated carbocycles. The van der Waals surface area contributed by atoms with Crippen molar-refractivity contribution in [2.45, 2.75) is 25.6 Å². The van der Waals surface area contributed by atoms with Crippen molar-refractivity contribution in [2.24, 2.45) is 0 Å². The molecule has 3 N–H and O–H groups in total. The van der Waals surface area contributed by atoms with Crippen LogP contribution in [0.2, 0.25) is 0 Å². The van der Waals surface area contributed by atoms with Gasteiger partial charge in [0.05, 0.1) is 31.0 Å². The van der Waals surface area contributed by atoms with Gasteiger partial charge < -0.3 is 20.1 Å². The summed E-state index contributed by atoms with van der Waals surface area (Å²) in [5.41, 5.74) is 0.180. The van der Waals surface area contributed by atoms with E-state index in [1.54, 1.807) is 6.92 Å². The van der Waals surface area contributed by atoms with E-state index in [9.17, 15) is 15.0 Å². The van der Waals surface area contributed by atoms with Crippen LogP contribution in [0.3, 0.4) is 0 Å². The van der Waals surface area contributed by atoms with Gasteiger partial charge in [0.2, 0.25) is 0 Å². The first-order valence-corrected chi connectivity index (χ1v) is 5.21. The number of carbonyl (C=O) groups excluding carboxylic acids is 1. The molecule has 2 atom stereocenters. The Morgan fingerprint density at radius 1 is 1.47 bits per heavy atom. The molecule has 1 heterocycles. The Bertz CT molecular complexity index is 365. The summed E-state index contributed by atoms with van der Waals surface area (Å²) in [4.78, 5) is 14.8. The monoisotopic (exact) mass is 241 g/mol. The number of aliphatic hydroxyl groups excluding tert-OH is 2. The van der Waals surface area contributed by atoms with Crippen LogP contribution in [-0.4, -0.2) is 39.0 Å². The first kappa shape index (κ1) is 13.4. The zero-order chi connectivity index (χ0) is 12.8. The molecule has 0 fully saturated rings. The van der Waals surface area contributed by atoms with E-state index in [0.717, 1.165) is 6.20 Å². The molecule has 0 aromatic carbocycles. The maximum atomic E-state index is 11.1. The normalized spacial score (nSPS) is 14.1. The number of hydrogen-bond acceptors (Lipinski definition) is 6. The number of nitrogens with zero attached hydrogens (tertiary/aromatic N) is 1. The molecule has 0 aliphatic carbocycles. The molecule has 1 aromatic heterocycles. The predicted molar refractivity (Wildman–Crippen MR) is 58.1 cm³/mol. The van der Waals surface area contributed by atoms with Crippen molar-refractivity contribution in [3.8, 4) is 5.75 Å². The van der Waals surface area contributed by atoms with Crippen molar-refractivity contribution in [3.63, 3.8) is 0 Å². The average Bonchev–Trinajstić information content (AvgIpc) is 2.29. The SMILES string of the molecule is CCOC(=O)CC(O)C(O)c1ccc(O)cn1. The lowest BCUT2D eigenvalue weighted by atomic mass is 10.1. The van der Waals surface area contributed by atoms with Crippen molar-refractivity contribution >= 4 is 5.97 Å². The first-order valence-electron chi connectivity index (χ1n) is 5.21. The second kappa shape index (κ2) is 6.17. The van der Waals surface area contributed by atoms with E-state index < -0.39 is 18.2 Å². The molecule has 6 heteroatoms. The summed E-state index contributed by atoms with van der Waals surface area (Å²) in [6.45, 7) is 1.88. The highest BCUT2D eigenvalue weighted by Gasteiger charge is 2.23. The van der Waals surface area contributed by atoms with Crippen molar-refractivity contribution in [1.82, 2.24) is 4.98 Å². The molecule has 0 spiro atoms. The molecular formula is C11H15NO5. The van der Waals surface area contributed by atoms with Crippen LogP contribution in [-0.2, 0) is 9.53 Å². The highest BCUT2D eigenvalue weighted by atomic mass is 16.5. The molecule has 6 nitrogen and oxygen atoms in total. The predicted octanol–water partition coefficient (Wildman–Crippen LogP) is 0.135. The van der Waals surface area contributed by atoms with Crippen molar-refractivity contribution in [1.29, 1.82) is 0 Å². The van der Waals surface area contributed by atoms with Gasteiger partial charge >= 0.3 is 5.97 Å². The maximum Gasteiger partial charge on any atom is 0.308 e. The highest BCUT2D eigenvalue weighted by Crippen LogP contribution is 2.18. The number of ether oxygens (including phenoxy) is 1. The minimum Gasteiger partial charge on any atom is -0.506 e. The van der Waals surface area contributed by atoms with Gasteiger partial charge in [-0.15, -0.1) is 0 Å². The number of hydrogen-bond donors (Lipinski definition) is 3. The van der Waals surface area contributed by atoms with Crippen molar-refractivity contribution < 1.29 is 24.9 Å². The third kappa shape index (κ3) is 4.01. The fraction of sp³-hybridized carbons (Fsp3) is 0.455. The van der Waals surface area contributed by atoms with Gasteiger partial charge in [0, 0.05) is 0 Å². The van der Waals surface area contributed by atoms with Gasteiger partial charge in [-0.05, 0) is 19.1 Å². The van der Waals surface area contributed by atoms with Crippen LogP contribution in [0.15, 0.2) is 18.3 Å². The second-order valence-corrected chi connectivity index (χ2v) is 3.46. The fourth-order valence-electron chi connectivity index (χ4n) is 1.27. The summed E-state index contributed by atoms with van der Waals surface area (Å²) in [5.74, 6) is -0.626. The number of carbonyl (C=O) groups is 1. The van der Waals surface area contributed by atoms with Gasteiger partial charge in [0.1, 0.15) is 11.9 Å². The van der Waals surface area contributed by atoms with Crippen LogP contribution in [0, 0.1) is 0 Å². The topological polar surface area (TPSA) is 99.9 Å². The number of esters is 1. The van der Waals surface area contributed by atoms with E-state index in [0.29, 0.717) is 0 Å². The number of aromatic nitrogens is 1. The standard InChI is InChI=1S/C11H15NO5/c1-2-17-10(15)5-9(14)11(16)8-4-3-7(13)6-12-8/h3-4,6,9,11,13-14,16H,2,5H2,1H3. The Balaban J connectivity index is 2.60. The maximum absolute atomic E-state index is 11.1. The Kier molecular flexibility index (Phi) is 4.86. The summed E-state index contributed by atoms with van der Waals surface area (Å²) < 4.78 is 4.65. The fourth-order valence-corrected chi connectivity index (χ4v) is 1.27. The van der Waals surface area contributed by atoms with Gasteiger partial charge in [0.25, 0.3) is 0 Å². The van der Waals surface area contributed by atoms with E-state index in [2.05, 4.69) is 9.72 Å². The molecule has 1 aromatic rings. The zero-order valence-electron chi connectivity index (χ0n) is 9.41. The van der Waals surface area contributed by atoms with Gasteiger partial charge in [-0.3, -0.25) is 9.78 Å². The van der Waals surface area contributed by atoms with Crippen LogP contribution in [0.1, 0.15) is 25.1 Å². The third-order valence-corrected chi connectivity index (χ3v) is 2.12. The Labute approximate surface area is 98.5 Å². The van der Waals surface area contributed by atoms with Gasteiger partial charge in [-0.1, -0.05) is 0 Å². The van der Waals surface area contributed by atoms with Gasteiger partial charge in [-0.2, -0.15) is 0 Å². The van der Waals surface area contributed by atoms with Gasteiger partial charge in [0.15, 0.2) is 0 Å². The zero-order valence-corrected chi connectivity index (χ0v) is 9.41. The lowest BCUT2D eigenvalue weighted by Crippen LogP contribution is -2.23. The van der Waals surface area contributed by atoms with Crippen LogP contribution < -0.4 is 0 Å². The quantitative estimate of drug-likeness (QED) is 0.634. The second-order valence-electron chi connectivity index (χ2n) is 3.46. The largest absolute Gasteiger partial charge is 0.506 e. The molecule has 94 valence electrons. The molecule has 0 bridgehead atoms. The lowest BCUT2D eigenvalue weighted by Gasteiger charge is -2.16. The van der Waals surface area contributed by atoms with Crippen LogP contribution >= 0.6 is 0 Å². The number of rotatable bonds is 5. The molecule has 0 aliphatic heterocycles. The third-order valence-electron chi connectivity index (χ3n) is 2.12. The minimum atomic E-state index is -1.29. The number of aromatic hydroxyl groups is 1. The first-order chi connectivity index (χ1) is 8.04. The Hall–Kier alpha value is -1.66. The molecule has 1 rings (SSSR count). The summed E-state index contributed by atoms with van der Waals surface area (Å²) in [6.07, 6.45) is -1.74. The van der Waals surface area contributed by atoms with Crippen LogP contribution in [0.25, 0.3) is 0 Å². The van der Waals surface area contributed by atoms with Crippen LogP contribution in [0.5, 0.6) is 5.75 Å². The Morgan fingerprint density at radius 2 is 2.18 bits per heavy atom. The molecule has 17 heavy (non-hydrogen) atoms. The molecule has 0 radical (unpaired) electrons. The smallest absolute Gasteiger partial charge is 0.308 e. The van der Waals surface area contributed by atoms with Gasteiger partial charge in [-0.25, -0.2) is 0 Å². The summed E-state index contributed by atoms with van der Waals surface area (Å²) in [6, 6.07) is 2.71. The van der Waals surface area contributed by atoms with E-state index in [4.69, 9.17) is 5.11 Å².